The van der Waals surface area contributed by atoms with E-state index in [1.165, 1.54) is 25.1 Å². The Morgan fingerprint density at radius 1 is 1.18 bits per heavy atom. The Labute approximate surface area is 228 Å². The van der Waals surface area contributed by atoms with Gasteiger partial charge in [0.25, 0.3) is 0 Å². The maximum absolute atomic E-state index is 15.8. The highest BCUT2D eigenvalue weighted by molar-refractivity contribution is 7.99. The monoisotopic (exact) mass is 566 g/mol. The molecule has 210 valence electrons. The van der Waals surface area contributed by atoms with E-state index in [2.05, 4.69) is 9.88 Å². The molecule has 1 aromatic heterocycles. The van der Waals surface area contributed by atoms with Crippen molar-refractivity contribution in [1.82, 2.24) is 9.88 Å². The summed E-state index contributed by atoms with van der Waals surface area (Å²) >= 11 is 1.19. The predicted molar refractivity (Wildman–Crippen MR) is 140 cm³/mol. The summed E-state index contributed by atoms with van der Waals surface area (Å²) in [5.74, 6) is -3.93. The number of carbonyl (C=O) groups is 1. The van der Waals surface area contributed by atoms with Crippen LogP contribution in [0.25, 0.3) is 10.9 Å². The van der Waals surface area contributed by atoms with Gasteiger partial charge >= 0.3 is 5.97 Å². The minimum atomic E-state index is -1.51. The molecule has 1 saturated heterocycles. The summed E-state index contributed by atoms with van der Waals surface area (Å²) in [5.41, 5.74) is 0.110. The summed E-state index contributed by atoms with van der Waals surface area (Å²) in [5, 5.41) is 20.4. The lowest BCUT2D eigenvalue weighted by Gasteiger charge is -2.39. The van der Waals surface area contributed by atoms with Crippen molar-refractivity contribution in [3.05, 3.63) is 65.1 Å². The van der Waals surface area contributed by atoms with Crippen molar-refractivity contribution in [1.29, 1.82) is 0 Å². The third-order valence-electron chi connectivity index (χ3n) is 7.46. The van der Waals surface area contributed by atoms with Crippen LogP contribution in [0.2, 0.25) is 0 Å². The van der Waals surface area contributed by atoms with Crippen molar-refractivity contribution in [3.63, 3.8) is 0 Å². The summed E-state index contributed by atoms with van der Waals surface area (Å²) in [6.45, 7) is 1.11. The number of rotatable bonds is 11. The number of thioether (sulfide) groups is 1. The van der Waals surface area contributed by atoms with E-state index in [9.17, 15) is 28.2 Å². The average Bonchev–Trinajstić information content (AvgIpc) is 2.94. The van der Waals surface area contributed by atoms with Crippen LogP contribution < -0.4 is 4.74 Å². The van der Waals surface area contributed by atoms with E-state index in [0.717, 1.165) is 12.1 Å². The molecule has 1 atom stereocenters. The van der Waals surface area contributed by atoms with Gasteiger partial charge in [0.1, 0.15) is 11.9 Å². The molecule has 39 heavy (non-hydrogen) atoms. The number of aromatic nitrogens is 1. The Morgan fingerprint density at radius 2 is 1.87 bits per heavy atom. The number of likely N-dealkylation sites (tertiary alicyclic amines) is 1. The number of alkyl halides is 1. The van der Waals surface area contributed by atoms with Crippen molar-refractivity contribution >= 4 is 28.6 Å². The van der Waals surface area contributed by atoms with Gasteiger partial charge in [-0.1, -0.05) is 0 Å². The Hall–Kier alpha value is -2.89. The van der Waals surface area contributed by atoms with Crippen LogP contribution in [0, 0.1) is 22.9 Å². The largest absolute Gasteiger partial charge is 0.497 e. The molecule has 11 heteroatoms. The molecule has 1 fully saturated rings. The van der Waals surface area contributed by atoms with E-state index in [1.54, 1.807) is 18.2 Å². The van der Waals surface area contributed by atoms with Gasteiger partial charge in [0, 0.05) is 39.9 Å². The Kier molecular flexibility index (Phi) is 9.35. The summed E-state index contributed by atoms with van der Waals surface area (Å²) in [4.78, 5) is 19.0. The summed E-state index contributed by atoms with van der Waals surface area (Å²) in [7, 11) is 1.50. The second-order valence-corrected chi connectivity index (χ2v) is 10.9. The van der Waals surface area contributed by atoms with Crippen LogP contribution in [0.5, 0.6) is 5.75 Å². The third-order valence-corrected chi connectivity index (χ3v) is 8.42. The number of aliphatic hydroxyl groups excluding tert-OH is 1. The molecule has 4 rings (SSSR count). The molecule has 1 aliphatic heterocycles. The second-order valence-electron chi connectivity index (χ2n) is 9.72. The maximum atomic E-state index is 15.8. The first kappa shape index (κ1) is 29.1. The summed E-state index contributed by atoms with van der Waals surface area (Å²) in [6, 6.07) is 6.99. The number of pyridine rings is 1. The fourth-order valence-electron chi connectivity index (χ4n) is 5.09. The fraction of sp³-hybridized carbons (Fsp3) is 0.429. The van der Waals surface area contributed by atoms with Crippen LogP contribution in [0.3, 0.4) is 0 Å². The van der Waals surface area contributed by atoms with Crippen LogP contribution in [-0.4, -0.2) is 58.6 Å². The number of piperidine rings is 1. The molecule has 0 radical (unpaired) electrons. The van der Waals surface area contributed by atoms with Gasteiger partial charge in [-0.2, -0.15) is 0 Å². The van der Waals surface area contributed by atoms with Crippen molar-refractivity contribution in [3.8, 4) is 5.75 Å². The van der Waals surface area contributed by atoms with Gasteiger partial charge < -0.3 is 19.8 Å². The number of methoxy groups -OCH3 is 1. The summed E-state index contributed by atoms with van der Waals surface area (Å²) in [6.07, 6.45) is 0.683. The molecule has 0 aliphatic carbocycles. The number of halogens is 4. The molecule has 6 nitrogen and oxygen atoms in total. The quantitative estimate of drug-likeness (QED) is 0.170. The minimum Gasteiger partial charge on any atom is -0.497 e. The van der Waals surface area contributed by atoms with Gasteiger partial charge in [-0.15, -0.1) is 11.8 Å². The number of hydrogen-bond acceptors (Lipinski definition) is 6. The number of nitrogens with zero attached hydrogens (tertiary/aromatic N) is 2. The highest BCUT2D eigenvalue weighted by Gasteiger charge is 2.41. The molecular weight excluding hydrogens is 536 g/mol. The highest BCUT2D eigenvalue weighted by Crippen LogP contribution is 2.41. The first-order chi connectivity index (χ1) is 18.7. The first-order valence-corrected chi connectivity index (χ1v) is 13.6. The molecular formula is C28H30F4N2O4S. The zero-order valence-electron chi connectivity index (χ0n) is 21.4. The number of hydrogen-bond donors (Lipinski definition) is 2. The number of ether oxygens (including phenoxy) is 1. The minimum absolute atomic E-state index is 0.0346. The molecule has 0 bridgehead atoms. The Morgan fingerprint density at radius 3 is 2.49 bits per heavy atom. The van der Waals surface area contributed by atoms with Crippen LogP contribution in [0.4, 0.5) is 17.6 Å². The number of carboxylic acid groups (broad SMARTS) is 1. The lowest BCUT2D eigenvalue weighted by Crippen LogP contribution is -2.45. The Bertz CT molecular complexity index is 1310. The van der Waals surface area contributed by atoms with Crippen LogP contribution in [0.15, 0.2) is 41.4 Å². The number of aliphatic hydroxyl groups is 1. The predicted octanol–water partition coefficient (Wildman–Crippen LogP) is 5.90. The van der Waals surface area contributed by atoms with Gasteiger partial charge in [-0.25, -0.2) is 17.6 Å². The molecule has 2 heterocycles. The van der Waals surface area contributed by atoms with E-state index in [-0.39, 0.29) is 17.7 Å². The average molecular weight is 567 g/mol. The van der Waals surface area contributed by atoms with Gasteiger partial charge in [0.05, 0.1) is 24.6 Å². The number of fused-ring (bicyclic) bond motifs is 1. The molecule has 1 aliphatic rings. The maximum Gasteiger partial charge on any atom is 0.309 e. The van der Waals surface area contributed by atoms with Crippen molar-refractivity contribution in [2.45, 2.75) is 43.4 Å². The standard InChI is InChI=1S/C28H30F4N2O4S/c1-38-18-2-3-24-20(12-18)25(17(16-35)15-33-24)21(29)4-5-28(27(36)37)6-8-34(9-7-28)10-11-39-19-13-22(30)26(32)23(31)14-19/h2-3,12-15,21,35H,4-11,16H2,1H3,(H,36,37)/t21-/m0/s1. The van der Waals surface area contributed by atoms with E-state index < -0.39 is 41.6 Å². The van der Waals surface area contributed by atoms with Gasteiger partial charge in [0.15, 0.2) is 17.5 Å². The van der Waals surface area contributed by atoms with Crippen LogP contribution in [0.1, 0.15) is 43.0 Å². The molecule has 2 N–H and O–H groups in total. The number of carboxylic acids is 1. The smallest absolute Gasteiger partial charge is 0.309 e. The molecule has 0 amide bonds. The van der Waals surface area contributed by atoms with Gasteiger partial charge in [0.2, 0.25) is 0 Å². The highest BCUT2D eigenvalue weighted by atomic mass is 32.2. The Balaban J connectivity index is 1.38. The van der Waals surface area contributed by atoms with Crippen molar-refractivity contribution in [2.75, 3.05) is 32.5 Å². The topological polar surface area (TPSA) is 82.9 Å². The van der Waals surface area contributed by atoms with Gasteiger partial charge in [-0.3, -0.25) is 9.78 Å². The first-order valence-electron chi connectivity index (χ1n) is 12.6. The number of benzene rings is 2. The van der Waals surface area contributed by atoms with Crippen molar-refractivity contribution in [2.24, 2.45) is 5.41 Å². The van der Waals surface area contributed by atoms with E-state index >= 15 is 4.39 Å². The van der Waals surface area contributed by atoms with E-state index in [1.807, 2.05) is 0 Å². The molecule has 0 saturated carbocycles. The van der Waals surface area contributed by atoms with E-state index in [4.69, 9.17) is 4.74 Å². The normalized spacial score (nSPS) is 16.4. The zero-order valence-corrected chi connectivity index (χ0v) is 22.2. The fourth-order valence-corrected chi connectivity index (χ4v) is 6.05. The third kappa shape index (κ3) is 6.47. The zero-order chi connectivity index (χ0) is 28.2. The van der Waals surface area contributed by atoms with Crippen LogP contribution in [-0.2, 0) is 11.4 Å². The van der Waals surface area contributed by atoms with Crippen molar-refractivity contribution < 1.29 is 37.3 Å². The SMILES string of the molecule is COc1ccc2ncc(CO)c([C@@H](F)CCC3(C(=O)O)CCN(CCSc4cc(F)c(F)c(F)c4)CC3)c2c1. The molecule has 2 aromatic carbocycles. The van der Waals surface area contributed by atoms with Gasteiger partial charge in [-0.05, 0) is 69.1 Å². The molecule has 3 aromatic rings. The number of aliphatic carboxylic acids is 1. The summed E-state index contributed by atoms with van der Waals surface area (Å²) < 4.78 is 61.0. The molecule has 0 unspecified atom stereocenters. The lowest BCUT2D eigenvalue weighted by atomic mass is 9.74. The van der Waals surface area contributed by atoms with E-state index in [0.29, 0.717) is 66.0 Å². The molecule has 0 spiro atoms. The lowest BCUT2D eigenvalue weighted by molar-refractivity contribution is -0.153. The second kappa shape index (κ2) is 12.5. The van der Waals surface area contributed by atoms with Crippen LogP contribution >= 0.6 is 11.8 Å².